The summed E-state index contributed by atoms with van der Waals surface area (Å²) in [7, 11) is -2.99. The minimum absolute atomic E-state index is 0.0819. The van der Waals surface area contributed by atoms with E-state index in [1.807, 2.05) is 0 Å². The molecule has 1 N–H and O–H groups in total. The number of benzene rings is 1. The van der Waals surface area contributed by atoms with Gasteiger partial charge in [-0.05, 0) is 25.0 Å². The van der Waals surface area contributed by atoms with Crippen LogP contribution in [0.2, 0.25) is 5.02 Å². The first-order chi connectivity index (χ1) is 11.1. The van der Waals surface area contributed by atoms with Gasteiger partial charge in [-0.2, -0.15) is 17.5 Å². The highest BCUT2D eigenvalue weighted by Gasteiger charge is 2.49. The molecule has 1 aromatic carbocycles. The van der Waals surface area contributed by atoms with E-state index >= 15 is 0 Å². The van der Waals surface area contributed by atoms with Gasteiger partial charge in [0.1, 0.15) is 10.6 Å². The molecule has 0 aliphatic carbocycles. The second-order valence-corrected chi connectivity index (χ2v) is 7.73. The van der Waals surface area contributed by atoms with Gasteiger partial charge in [0, 0.05) is 12.6 Å². The molecule has 0 unspecified atom stereocenters. The molecule has 24 heavy (non-hydrogen) atoms. The Bertz CT molecular complexity index is 696. The van der Waals surface area contributed by atoms with Crippen LogP contribution in [-0.4, -0.2) is 49.8 Å². The zero-order chi connectivity index (χ0) is 18.1. The number of sulfonamides is 1. The van der Waals surface area contributed by atoms with E-state index in [0.29, 0.717) is 17.1 Å². The lowest BCUT2D eigenvalue weighted by molar-refractivity contribution is -0.219. The number of ether oxygens (including phenoxy) is 1. The molecule has 1 aliphatic rings. The second kappa shape index (κ2) is 7.07. The minimum Gasteiger partial charge on any atom is -0.497 e. The number of methoxy groups -OCH3 is 1. The van der Waals surface area contributed by atoms with Gasteiger partial charge in [-0.1, -0.05) is 18.0 Å². The van der Waals surface area contributed by atoms with Gasteiger partial charge in [0.05, 0.1) is 18.2 Å². The van der Waals surface area contributed by atoms with E-state index in [-0.39, 0.29) is 28.6 Å². The summed E-state index contributed by atoms with van der Waals surface area (Å²) in [6, 6.07) is 2.32. The third-order valence-electron chi connectivity index (χ3n) is 3.92. The predicted octanol–water partition coefficient (Wildman–Crippen LogP) is 2.82. The van der Waals surface area contributed by atoms with Crippen molar-refractivity contribution >= 4 is 21.6 Å². The van der Waals surface area contributed by atoms with Crippen molar-refractivity contribution in [2.24, 2.45) is 0 Å². The van der Waals surface area contributed by atoms with E-state index in [4.69, 9.17) is 16.3 Å². The van der Waals surface area contributed by atoms with Crippen LogP contribution in [0.3, 0.4) is 0 Å². The van der Waals surface area contributed by atoms with Crippen LogP contribution in [0.15, 0.2) is 23.1 Å². The fraction of sp³-hybridized carbons (Fsp3) is 0.571. The summed E-state index contributed by atoms with van der Waals surface area (Å²) in [5.41, 5.74) is 0. The van der Waals surface area contributed by atoms with Crippen molar-refractivity contribution in [3.05, 3.63) is 23.2 Å². The van der Waals surface area contributed by atoms with Crippen molar-refractivity contribution < 1.29 is 31.4 Å². The van der Waals surface area contributed by atoms with Crippen LogP contribution < -0.4 is 4.74 Å². The maximum atomic E-state index is 12.9. The average molecular weight is 388 g/mol. The fourth-order valence-corrected chi connectivity index (χ4v) is 4.89. The average Bonchev–Trinajstić information content (AvgIpc) is 2.53. The third-order valence-corrected chi connectivity index (χ3v) is 6.33. The molecule has 0 amide bonds. The zero-order valence-electron chi connectivity index (χ0n) is 12.8. The monoisotopic (exact) mass is 387 g/mol. The molecule has 0 saturated carbocycles. The second-order valence-electron chi connectivity index (χ2n) is 5.46. The lowest BCUT2D eigenvalue weighted by atomic mass is 9.99. The quantitative estimate of drug-likeness (QED) is 0.862. The Kier molecular flexibility index (Phi) is 5.68. The van der Waals surface area contributed by atoms with Crippen molar-refractivity contribution in [3.8, 4) is 5.75 Å². The molecule has 1 aromatic rings. The molecule has 1 aliphatic heterocycles. The number of rotatable bonds is 4. The molecular formula is C14H17ClF3NO4S. The van der Waals surface area contributed by atoms with Crippen LogP contribution in [0.4, 0.5) is 13.2 Å². The Labute approximate surface area is 143 Å². The number of halogens is 4. The first kappa shape index (κ1) is 19.3. The number of hydrogen-bond acceptors (Lipinski definition) is 4. The van der Waals surface area contributed by atoms with Gasteiger partial charge in [0.15, 0.2) is 6.10 Å². The SMILES string of the molecule is COc1ccc(Cl)c(S(=O)(=O)N2CCCC[C@@H]2[C@@H](O)C(F)(F)F)c1. The molecule has 2 rings (SSSR count). The van der Waals surface area contributed by atoms with Crippen LogP contribution >= 0.6 is 11.6 Å². The Balaban J connectivity index is 2.46. The Morgan fingerprint density at radius 3 is 2.62 bits per heavy atom. The number of piperidine rings is 1. The highest BCUT2D eigenvalue weighted by Crippen LogP contribution is 2.36. The standard InChI is InChI=1S/C14H17ClF3NO4S/c1-23-9-5-6-10(15)12(8-9)24(21,22)19-7-3-2-4-11(19)13(20)14(16,17)18/h5-6,8,11,13,20H,2-4,7H2,1H3/t11-,13-/m1/s1. The fourth-order valence-electron chi connectivity index (χ4n) is 2.70. The lowest BCUT2D eigenvalue weighted by Crippen LogP contribution is -2.54. The van der Waals surface area contributed by atoms with Crippen LogP contribution in [0.1, 0.15) is 19.3 Å². The van der Waals surface area contributed by atoms with Gasteiger partial charge in [-0.25, -0.2) is 8.42 Å². The van der Waals surface area contributed by atoms with E-state index in [1.54, 1.807) is 0 Å². The summed E-state index contributed by atoms with van der Waals surface area (Å²) < 4.78 is 69.9. The molecule has 2 atom stereocenters. The number of aliphatic hydroxyl groups is 1. The maximum Gasteiger partial charge on any atom is 0.415 e. The van der Waals surface area contributed by atoms with E-state index in [2.05, 4.69) is 0 Å². The highest BCUT2D eigenvalue weighted by atomic mass is 35.5. The Morgan fingerprint density at radius 2 is 2.04 bits per heavy atom. The Hall–Kier alpha value is -1.03. The van der Waals surface area contributed by atoms with Crippen LogP contribution in [0.25, 0.3) is 0 Å². The van der Waals surface area contributed by atoms with Crippen LogP contribution in [0, 0.1) is 0 Å². The lowest BCUT2D eigenvalue weighted by Gasteiger charge is -2.37. The molecule has 1 fully saturated rings. The molecule has 1 heterocycles. The minimum atomic E-state index is -4.91. The van der Waals surface area contributed by atoms with E-state index < -0.39 is 28.3 Å². The van der Waals surface area contributed by atoms with E-state index in [1.165, 1.54) is 19.2 Å². The molecule has 5 nitrogen and oxygen atoms in total. The van der Waals surface area contributed by atoms with Gasteiger partial charge in [-0.15, -0.1) is 0 Å². The number of aliphatic hydroxyl groups excluding tert-OH is 1. The van der Waals surface area contributed by atoms with Gasteiger partial charge < -0.3 is 9.84 Å². The third kappa shape index (κ3) is 3.79. The molecule has 10 heteroatoms. The molecule has 0 spiro atoms. The molecular weight excluding hydrogens is 371 g/mol. The number of alkyl halides is 3. The largest absolute Gasteiger partial charge is 0.497 e. The number of hydrogen-bond donors (Lipinski definition) is 1. The van der Waals surface area contributed by atoms with Gasteiger partial charge in [-0.3, -0.25) is 0 Å². The van der Waals surface area contributed by atoms with Crippen molar-refractivity contribution in [3.63, 3.8) is 0 Å². The van der Waals surface area contributed by atoms with Crippen molar-refractivity contribution in [1.82, 2.24) is 4.31 Å². The van der Waals surface area contributed by atoms with Gasteiger partial charge >= 0.3 is 6.18 Å². The summed E-state index contributed by atoms with van der Waals surface area (Å²) in [4.78, 5) is -0.343. The molecule has 0 aromatic heterocycles. The zero-order valence-corrected chi connectivity index (χ0v) is 14.3. The molecule has 1 saturated heterocycles. The smallest absolute Gasteiger partial charge is 0.415 e. The molecule has 0 bridgehead atoms. The van der Waals surface area contributed by atoms with E-state index in [0.717, 1.165) is 6.07 Å². The van der Waals surface area contributed by atoms with Crippen LogP contribution in [0.5, 0.6) is 5.75 Å². The topological polar surface area (TPSA) is 66.8 Å². The summed E-state index contributed by atoms with van der Waals surface area (Å²) in [6.07, 6.45) is -6.94. The van der Waals surface area contributed by atoms with E-state index in [9.17, 15) is 26.7 Å². The van der Waals surface area contributed by atoms with Crippen molar-refractivity contribution in [2.45, 2.75) is 42.5 Å². The van der Waals surface area contributed by atoms with Crippen molar-refractivity contribution in [2.75, 3.05) is 13.7 Å². The normalized spacial score (nSPS) is 21.5. The van der Waals surface area contributed by atoms with Crippen LogP contribution in [-0.2, 0) is 10.0 Å². The van der Waals surface area contributed by atoms with Gasteiger partial charge in [0.2, 0.25) is 10.0 Å². The Morgan fingerprint density at radius 1 is 1.38 bits per heavy atom. The summed E-state index contributed by atoms with van der Waals surface area (Å²) in [5, 5.41) is 9.45. The number of nitrogens with zero attached hydrogens (tertiary/aromatic N) is 1. The maximum absolute atomic E-state index is 12.9. The first-order valence-corrected chi connectivity index (χ1v) is 9.01. The van der Waals surface area contributed by atoms with Crippen molar-refractivity contribution in [1.29, 1.82) is 0 Å². The summed E-state index contributed by atoms with van der Waals surface area (Å²) in [6.45, 7) is -0.117. The summed E-state index contributed by atoms with van der Waals surface area (Å²) >= 11 is 5.93. The summed E-state index contributed by atoms with van der Waals surface area (Å²) in [5.74, 6) is 0.211. The molecule has 136 valence electrons. The highest BCUT2D eigenvalue weighted by molar-refractivity contribution is 7.89. The predicted molar refractivity (Wildman–Crippen MR) is 81.6 cm³/mol. The molecule has 0 radical (unpaired) electrons. The van der Waals surface area contributed by atoms with Gasteiger partial charge in [0.25, 0.3) is 0 Å². The first-order valence-electron chi connectivity index (χ1n) is 7.19.